The van der Waals surface area contributed by atoms with Crippen LogP contribution >= 0.6 is 11.6 Å². The third kappa shape index (κ3) is 5.81. The summed E-state index contributed by atoms with van der Waals surface area (Å²) in [6.45, 7) is 1.64. The maximum absolute atomic E-state index is 13.1. The van der Waals surface area contributed by atoms with Crippen LogP contribution in [0.4, 0.5) is 15.9 Å². The maximum Gasteiger partial charge on any atom is 0.242 e. The van der Waals surface area contributed by atoms with Gasteiger partial charge in [-0.2, -0.15) is 0 Å². The van der Waals surface area contributed by atoms with Crippen LogP contribution in [-0.4, -0.2) is 41.3 Å². The van der Waals surface area contributed by atoms with Gasteiger partial charge in [0, 0.05) is 11.9 Å². The van der Waals surface area contributed by atoms with Gasteiger partial charge in [0.15, 0.2) is 0 Å². The van der Waals surface area contributed by atoms with E-state index in [2.05, 4.69) is 15.6 Å². The Balaban J connectivity index is 1.88. The van der Waals surface area contributed by atoms with Crippen LogP contribution in [0.25, 0.3) is 0 Å². The molecule has 2 aromatic rings. The molecule has 1 unspecified atom stereocenters. The minimum atomic E-state index is -0.573. The van der Waals surface area contributed by atoms with Crippen molar-refractivity contribution >= 4 is 34.9 Å². The zero-order valence-corrected chi connectivity index (χ0v) is 14.5. The molecule has 0 saturated carbocycles. The lowest BCUT2D eigenvalue weighted by Gasteiger charge is -2.23. The molecule has 1 aromatic heterocycles. The van der Waals surface area contributed by atoms with Crippen LogP contribution in [-0.2, 0) is 9.59 Å². The second-order valence-corrected chi connectivity index (χ2v) is 5.94. The van der Waals surface area contributed by atoms with Crippen molar-refractivity contribution in [2.45, 2.75) is 13.0 Å². The summed E-state index contributed by atoms with van der Waals surface area (Å²) in [6, 6.07) is 8.23. The van der Waals surface area contributed by atoms with Gasteiger partial charge in [0.25, 0.3) is 0 Å². The first kappa shape index (κ1) is 18.8. The third-order valence-corrected chi connectivity index (χ3v) is 3.74. The van der Waals surface area contributed by atoms with E-state index >= 15 is 0 Å². The molecule has 2 N–H and O–H groups in total. The van der Waals surface area contributed by atoms with E-state index in [-0.39, 0.29) is 18.4 Å². The Morgan fingerprint density at radius 1 is 1.28 bits per heavy atom. The molecule has 0 spiro atoms. The molecule has 6 nitrogen and oxygen atoms in total. The van der Waals surface area contributed by atoms with Gasteiger partial charge >= 0.3 is 0 Å². The molecule has 0 aliphatic rings. The largest absolute Gasteiger partial charge is 0.325 e. The van der Waals surface area contributed by atoms with E-state index < -0.39 is 11.9 Å². The van der Waals surface area contributed by atoms with E-state index in [1.165, 1.54) is 24.4 Å². The highest BCUT2D eigenvalue weighted by atomic mass is 35.5. The van der Waals surface area contributed by atoms with Gasteiger partial charge < -0.3 is 10.6 Å². The first-order valence-electron chi connectivity index (χ1n) is 7.53. The van der Waals surface area contributed by atoms with E-state index in [1.54, 1.807) is 37.1 Å². The maximum atomic E-state index is 13.1. The highest BCUT2D eigenvalue weighted by Crippen LogP contribution is 2.11. The lowest BCUT2D eigenvalue weighted by Crippen LogP contribution is -2.43. The van der Waals surface area contributed by atoms with Crippen LogP contribution in [0.1, 0.15) is 6.92 Å². The number of carbonyl (C=O) groups is 2. The third-order valence-electron chi connectivity index (χ3n) is 3.52. The van der Waals surface area contributed by atoms with Crippen LogP contribution in [0.5, 0.6) is 0 Å². The average Bonchev–Trinajstić information content (AvgIpc) is 2.56. The number of anilines is 2. The van der Waals surface area contributed by atoms with E-state index in [9.17, 15) is 14.0 Å². The van der Waals surface area contributed by atoms with E-state index in [1.807, 2.05) is 0 Å². The standard InChI is InChI=1S/C17H18ClFN4O2/c1-11(17(25)22-15-7-6-12(18)9-20-15)23(2)10-16(24)21-14-5-3-4-13(19)8-14/h3-9,11H,10H2,1-2H3,(H,21,24)(H,20,22,25). The topological polar surface area (TPSA) is 74.3 Å². The van der Waals surface area contributed by atoms with Crippen LogP contribution in [0.3, 0.4) is 0 Å². The normalized spacial score (nSPS) is 11.9. The molecule has 0 saturated heterocycles. The molecule has 0 aliphatic carbocycles. The number of aromatic nitrogens is 1. The summed E-state index contributed by atoms with van der Waals surface area (Å²) in [4.78, 5) is 29.8. The Hall–Kier alpha value is -2.51. The monoisotopic (exact) mass is 364 g/mol. The van der Waals surface area contributed by atoms with Gasteiger partial charge in [-0.05, 0) is 44.3 Å². The highest BCUT2D eigenvalue weighted by molar-refractivity contribution is 6.30. The first-order valence-corrected chi connectivity index (χ1v) is 7.91. The van der Waals surface area contributed by atoms with E-state index in [0.29, 0.717) is 16.5 Å². The van der Waals surface area contributed by atoms with Crippen molar-refractivity contribution in [1.29, 1.82) is 0 Å². The van der Waals surface area contributed by atoms with Crippen LogP contribution in [0.15, 0.2) is 42.6 Å². The predicted octanol–water partition coefficient (Wildman–Crippen LogP) is 2.77. The number of halogens is 2. The zero-order valence-electron chi connectivity index (χ0n) is 13.8. The minimum Gasteiger partial charge on any atom is -0.325 e. The molecular weight excluding hydrogens is 347 g/mol. The van der Waals surface area contributed by atoms with Gasteiger partial charge in [-0.15, -0.1) is 0 Å². The number of hydrogen-bond donors (Lipinski definition) is 2. The van der Waals surface area contributed by atoms with Gasteiger partial charge in [0.1, 0.15) is 11.6 Å². The molecule has 1 heterocycles. The number of amides is 2. The number of nitrogens with zero attached hydrogens (tertiary/aromatic N) is 2. The summed E-state index contributed by atoms with van der Waals surface area (Å²) in [7, 11) is 1.64. The first-order chi connectivity index (χ1) is 11.8. The molecule has 132 valence electrons. The van der Waals surface area contributed by atoms with Crippen molar-refractivity contribution in [1.82, 2.24) is 9.88 Å². The summed E-state index contributed by atoms with van der Waals surface area (Å²) in [5, 5.41) is 5.70. The van der Waals surface area contributed by atoms with E-state index in [4.69, 9.17) is 11.6 Å². The average molecular weight is 365 g/mol. The summed E-state index contributed by atoms with van der Waals surface area (Å²) >= 11 is 5.74. The van der Waals surface area contributed by atoms with Gasteiger partial charge in [-0.3, -0.25) is 14.5 Å². The number of carbonyl (C=O) groups excluding carboxylic acids is 2. The smallest absolute Gasteiger partial charge is 0.242 e. The van der Waals surface area contributed by atoms with Crippen LogP contribution < -0.4 is 10.6 Å². The van der Waals surface area contributed by atoms with Crippen LogP contribution in [0.2, 0.25) is 5.02 Å². The van der Waals surface area contributed by atoms with Crippen molar-refractivity contribution < 1.29 is 14.0 Å². The Morgan fingerprint density at radius 2 is 2.04 bits per heavy atom. The SMILES string of the molecule is CC(C(=O)Nc1ccc(Cl)cn1)N(C)CC(=O)Nc1cccc(F)c1. The van der Waals surface area contributed by atoms with Crippen molar-refractivity contribution in [3.63, 3.8) is 0 Å². The molecule has 8 heteroatoms. The number of hydrogen-bond acceptors (Lipinski definition) is 4. The number of likely N-dealkylation sites (N-methyl/N-ethyl adjacent to an activating group) is 1. The van der Waals surface area contributed by atoms with Gasteiger partial charge in [-0.25, -0.2) is 9.37 Å². The fraction of sp³-hybridized carbons (Fsp3) is 0.235. The van der Waals surface area contributed by atoms with Crippen molar-refractivity contribution in [3.8, 4) is 0 Å². The molecule has 1 aromatic carbocycles. The summed E-state index contributed by atoms with van der Waals surface area (Å²) < 4.78 is 13.1. The Labute approximate surface area is 150 Å². The molecule has 0 fully saturated rings. The molecule has 0 aliphatic heterocycles. The number of nitrogens with one attached hydrogen (secondary N) is 2. The predicted molar refractivity (Wildman–Crippen MR) is 95.0 cm³/mol. The molecule has 2 rings (SSSR count). The van der Waals surface area contributed by atoms with Crippen molar-refractivity contribution in [2.24, 2.45) is 0 Å². The lowest BCUT2D eigenvalue weighted by molar-refractivity contribution is -0.122. The lowest BCUT2D eigenvalue weighted by atomic mass is 10.2. The van der Waals surface area contributed by atoms with E-state index in [0.717, 1.165) is 0 Å². The fourth-order valence-electron chi connectivity index (χ4n) is 2.01. The number of benzene rings is 1. The number of rotatable bonds is 6. The Morgan fingerprint density at radius 3 is 2.68 bits per heavy atom. The van der Waals surface area contributed by atoms with Crippen LogP contribution in [0, 0.1) is 5.82 Å². The van der Waals surface area contributed by atoms with Gasteiger partial charge in [-0.1, -0.05) is 17.7 Å². The zero-order chi connectivity index (χ0) is 18.4. The quantitative estimate of drug-likeness (QED) is 0.826. The second kappa shape index (κ2) is 8.55. The molecule has 0 bridgehead atoms. The minimum absolute atomic E-state index is 0.0286. The highest BCUT2D eigenvalue weighted by Gasteiger charge is 2.20. The summed E-state index contributed by atoms with van der Waals surface area (Å²) in [6.07, 6.45) is 1.43. The van der Waals surface area contributed by atoms with Crippen molar-refractivity contribution in [3.05, 3.63) is 53.4 Å². The van der Waals surface area contributed by atoms with Gasteiger partial charge in [0.05, 0.1) is 17.6 Å². The summed E-state index contributed by atoms with van der Waals surface area (Å²) in [5.41, 5.74) is 0.362. The fourth-order valence-corrected chi connectivity index (χ4v) is 2.12. The molecule has 25 heavy (non-hydrogen) atoms. The van der Waals surface area contributed by atoms with Gasteiger partial charge in [0.2, 0.25) is 11.8 Å². The molecule has 2 amide bonds. The Kier molecular flexibility index (Phi) is 6.44. The molecular formula is C17H18ClFN4O2. The molecule has 0 radical (unpaired) electrons. The number of pyridine rings is 1. The molecule has 1 atom stereocenters. The van der Waals surface area contributed by atoms with Crippen molar-refractivity contribution in [2.75, 3.05) is 24.2 Å². The second-order valence-electron chi connectivity index (χ2n) is 5.50. The Bertz CT molecular complexity index is 755. The summed E-state index contributed by atoms with van der Waals surface area (Å²) in [5.74, 6) is -0.721.